The number of hydrogen-bond donors (Lipinski definition) is 1. The monoisotopic (exact) mass is 323 g/mol. The van der Waals surface area contributed by atoms with E-state index in [0.717, 1.165) is 38.8 Å². The number of aliphatic hydroxyl groups is 1. The highest BCUT2D eigenvalue weighted by atomic mass is 32.1. The quantitative estimate of drug-likeness (QED) is 0.905. The summed E-state index contributed by atoms with van der Waals surface area (Å²) in [7, 11) is 0. The van der Waals surface area contributed by atoms with Crippen LogP contribution in [-0.2, 0) is 16.0 Å². The number of piperidine rings is 1. The molecule has 0 aromatic carbocycles. The minimum atomic E-state index is -0.257. The van der Waals surface area contributed by atoms with Gasteiger partial charge < -0.3 is 14.7 Å². The topological polar surface area (TPSA) is 49.8 Å². The molecule has 1 aromatic rings. The number of hydrogen-bond acceptors (Lipinski definition) is 4. The Morgan fingerprint density at radius 1 is 1.50 bits per heavy atom. The molecule has 5 heteroatoms. The zero-order valence-corrected chi connectivity index (χ0v) is 14.0. The van der Waals surface area contributed by atoms with Crippen LogP contribution in [0.2, 0.25) is 0 Å². The van der Waals surface area contributed by atoms with Gasteiger partial charge in [-0.3, -0.25) is 4.79 Å². The van der Waals surface area contributed by atoms with Crippen LogP contribution < -0.4 is 0 Å². The molecule has 1 spiro atoms. The minimum Gasteiger partial charge on any atom is -0.392 e. The van der Waals surface area contributed by atoms with E-state index in [4.69, 9.17) is 4.74 Å². The van der Waals surface area contributed by atoms with Crippen molar-refractivity contribution in [2.45, 2.75) is 51.2 Å². The number of amides is 1. The van der Waals surface area contributed by atoms with Crippen molar-refractivity contribution < 1.29 is 14.6 Å². The lowest BCUT2D eigenvalue weighted by atomic mass is 9.58. The summed E-state index contributed by atoms with van der Waals surface area (Å²) in [5, 5.41) is 12.2. The Bertz CT molecular complexity index is 492. The van der Waals surface area contributed by atoms with Gasteiger partial charge in [0.05, 0.1) is 12.2 Å². The highest BCUT2D eigenvalue weighted by Gasteiger charge is 2.56. The van der Waals surface area contributed by atoms with Crippen molar-refractivity contribution in [1.29, 1.82) is 0 Å². The van der Waals surface area contributed by atoms with Crippen LogP contribution in [0.5, 0.6) is 0 Å². The molecule has 2 atom stereocenters. The van der Waals surface area contributed by atoms with E-state index < -0.39 is 0 Å². The fourth-order valence-electron chi connectivity index (χ4n) is 3.83. The summed E-state index contributed by atoms with van der Waals surface area (Å²) in [5.41, 5.74) is -0.0967. The molecule has 122 valence electrons. The van der Waals surface area contributed by atoms with Crippen molar-refractivity contribution in [3.63, 3.8) is 0 Å². The van der Waals surface area contributed by atoms with Gasteiger partial charge in [0, 0.05) is 42.8 Å². The summed E-state index contributed by atoms with van der Waals surface area (Å²) in [6, 6.07) is 4.11. The molecule has 1 saturated carbocycles. The Hall–Kier alpha value is -0.910. The molecule has 0 unspecified atom stereocenters. The smallest absolute Gasteiger partial charge is 0.222 e. The number of carbonyl (C=O) groups is 1. The number of aryl methyl sites for hydroxylation is 1. The van der Waals surface area contributed by atoms with Crippen molar-refractivity contribution in [3.05, 3.63) is 22.4 Å². The van der Waals surface area contributed by atoms with Gasteiger partial charge in [-0.25, -0.2) is 0 Å². The average molecular weight is 323 g/mol. The molecule has 4 nitrogen and oxygen atoms in total. The molecule has 2 heterocycles. The maximum absolute atomic E-state index is 12.3. The second-order valence-electron chi connectivity index (χ2n) is 6.39. The highest BCUT2D eigenvalue weighted by molar-refractivity contribution is 7.09. The van der Waals surface area contributed by atoms with Crippen LogP contribution in [0.15, 0.2) is 17.5 Å². The highest BCUT2D eigenvalue weighted by Crippen LogP contribution is 2.50. The molecular weight excluding hydrogens is 298 g/mol. The summed E-state index contributed by atoms with van der Waals surface area (Å²) >= 11 is 1.71. The third kappa shape index (κ3) is 2.94. The lowest BCUT2D eigenvalue weighted by Crippen LogP contribution is -2.62. The third-order valence-electron chi connectivity index (χ3n) is 5.32. The second-order valence-corrected chi connectivity index (χ2v) is 7.42. The van der Waals surface area contributed by atoms with E-state index in [0.29, 0.717) is 13.0 Å². The van der Waals surface area contributed by atoms with Gasteiger partial charge in [-0.05, 0) is 37.6 Å². The molecule has 1 N–H and O–H groups in total. The molecule has 1 aromatic heterocycles. The summed E-state index contributed by atoms with van der Waals surface area (Å²) in [6.45, 7) is 4.21. The van der Waals surface area contributed by atoms with Crippen LogP contribution in [0.4, 0.5) is 0 Å². The van der Waals surface area contributed by atoms with Crippen molar-refractivity contribution in [3.8, 4) is 0 Å². The number of ether oxygens (including phenoxy) is 1. The molecule has 1 amide bonds. The van der Waals surface area contributed by atoms with Gasteiger partial charge in [0.1, 0.15) is 0 Å². The van der Waals surface area contributed by atoms with Crippen LogP contribution in [-0.4, -0.2) is 47.8 Å². The number of carbonyl (C=O) groups excluding carboxylic acids is 1. The van der Waals surface area contributed by atoms with E-state index in [1.54, 1.807) is 11.3 Å². The Morgan fingerprint density at radius 3 is 2.86 bits per heavy atom. The SMILES string of the molecule is CCO[C@H]1C[C@@H](O)C12CCN(C(=O)CCc1cccs1)CC2. The fraction of sp³-hybridized carbons (Fsp3) is 0.706. The summed E-state index contributed by atoms with van der Waals surface area (Å²) in [6.07, 6.45) is 3.82. The molecule has 2 aliphatic rings. The molecule has 1 aliphatic carbocycles. The lowest BCUT2D eigenvalue weighted by molar-refractivity contribution is -0.210. The Morgan fingerprint density at radius 2 is 2.27 bits per heavy atom. The molecule has 1 saturated heterocycles. The first-order valence-electron chi connectivity index (χ1n) is 8.25. The van der Waals surface area contributed by atoms with Crippen LogP contribution in [0.25, 0.3) is 0 Å². The van der Waals surface area contributed by atoms with E-state index in [1.807, 2.05) is 17.9 Å². The van der Waals surface area contributed by atoms with Crippen molar-refractivity contribution in [2.75, 3.05) is 19.7 Å². The number of likely N-dealkylation sites (tertiary alicyclic amines) is 1. The molecule has 22 heavy (non-hydrogen) atoms. The van der Waals surface area contributed by atoms with Crippen LogP contribution in [0.1, 0.15) is 37.5 Å². The predicted molar refractivity (Wildman–Crippen MR) is 86.9 cm³/mol. The van der Waals surface area contributed by atoms with Crippen LogP contribution in [0.3, 0.4) is 0 Å². The van der Waals surface area contributed by atoms with Gasteiger partial charge in [-0.1, -0.05) is 6.07 Å². The number of aliphatic hydroxyl groups excluding tert-OH is 1. The molecular formula is C17H25NO3S. The van der Waals surface area contributed by atoms with Gasteiger partial charge >= 0.3 is 0 Å². The largest absolute Gasteiger partial charge is 0.392 e. The average Bonchev–Trinajstić information content (AvgIpc) is 3.06. The number of nitrogens with zero attached hydrogens (tertiary/aromatic N) is 1. The summed E-state index contributed by atoms with van der Waals surface area (Å²) in [4.78, 5) is 15.6. The van der Waals surface area contributed by atoms with E-state index in [1.165, 1.54) is 4.88 Å². The zero-order valence-electron chi connectivity index (χ0n) is 13.2. The third-order valence-corrected chi connectivity index (χ3v) is 6.26. The van der Waals surface area contributed by atoms with E-state index in [9.17, 15) is 9.90 Å². The minimum absolute atomic E-state index is 0.0967. The fourth-order valence-corrected chi connectivity index (χ4v) is 4.54. The summed E-state index contributed by atoms with van der Waals surface area (Å²) < 4.78 is 5.77. The van der Waals surface area contributed by atoms with Gasteiger partial charge in [0.25, 0.3) is 0 Å². The Labute approximate surface area is 136 Å². The van der Waals surface area contributed by atoms with Crippen molar-refractivity contribution in [2.24, 2.45) is 5.41 Å². The first kappa shape index (κ1) is 16.0. The Kier molecular flexibility index (Phi) is 4.85. The molecule has 3 rings (SSSR count). The molecule has 0 radical (unpaired) electrons. The Balaban J connectivity index is 1.49. The lowest BCUT2D eigenvalue weighted by Gasteiger charge is -2.56. The first-order chi connectivity index (χ1) is 10.7. The summed E-state index contributed by atoms with van der Waals surface area (Å²) in [5.74, 6) is 0.241. The number of rotatable bonds is 5. The standard InChI is InChI=1S/C17H25NO3S/c1-2-21-15-12-14(19)17(15)7-9-18(10-8-17)16(20)6-5-13-4-3-11-22-13/h3-4,11,14-15,19H,2,5-10,12H2,1H3/t14-,15+/m1/s1. The molecule has 2 fully saturated rings. The van der Waals surface area contributed by atoms with Gasteiger partial charge in [-0.15, -0.1) is 11.3 Å². The van der Waals surface area contributed by atoms with Crippen molar-refractivity contribution in [1.82, 2.24) is 4.90 Å². The molecule has 1 aliphatic heterocycles. The van der Waals surface area contributed by atoms with E-state index in [2.05, 4.69) is 11.4 Å². The van der Waals surface area contributed by atoms with Gasteiger partial charge in [0.15, 0.2) is 0 Å². The first-order valence-corrected chi connectivity index (χ1v) is 9.13. The normalized spacial score (nSPS) is 26.9. The molecule has 0 bridgehead atoms. The van der Waals surface area contributed by atoms with E-state index in [-0.39, 0.29) is 23.5 Å². The van der Waals surface area contributed by atoms with E-state index >= 15 is 0 Å². The van der Waals surface area contributed by atoms with Crippen LogP contribution >= 0.6 is 11.3 Å². The number of thiophene rings is 1. The maximum Gasteiger partial charge on any atom is 0.222 e. The van der Waals surface area contributed by atoms with Gasteiger partial charge in [-0.2, -0.15) is 0 Å². The zero-order chi connectivity index (χ0) is 15.6. The van der Waals surface area contributed by atoms with Gasteiger partial charge in [0.2, 0.25) is 5.91 Å². The van der Waals surface area contributed by atoms with Crippen LogP contribution in [0, 0.1) is 5.41 Å². The second kappa shape index (κ2) is 6.69. The predicted octanol–water partition coefficient (Wildman–Crippen LogP) is 2.46. The van der Waals surface area contributed by atoms with Crippen molar-refractivity contribution >= 4 is 17.2 Å². The maximum atomic E-state index is 12.3.